The fourth-order valence-corrected chi connectivity index (χ4v) is 2.53. The monoisotopic (exact) mass is 282 g/mol. The summed E-state index contributed by atoms with van der Waals surface area (Å²) in [4.78, 5) is 3.04. The van der Waals surface area contributed by atoms with E-state index in [9.17, 15) is 4.39 Å². The zero-order chi connectivity index (χ0) is 13.8. The average molecular weight is 282 g/mol. The van der Waals surface area contributed by atoms with Gasteiger partial charge in [-0.1, -0.05) is 26.2 Å². The van der Waals surface area contributed by atoms with Crippen molar-refractivity contribution in [3.63, 3.8) is 0 Å². The standard InChI is InChI=1S/C14H19FN2OS/c1-3-4-5-6-7-17-12-9-13(18-2)10(15)8-11(12)16-14(17)19/h8-9H,3-7H2,1-2H3,(H,16,19). The number of benzene rings is 1. The highest BCUT2D eigenvalue weighted by atomic mass is 32.1. The largest absolute Gasteiger partial charge is 0.494 e. The van der Waals surface area contributed by atoms with E-state index in [1.165, 1.54) is 32.4 Å². The normalized spacial score (nSPS) is 11.1. The number of nitrogens with one attached hydrogen (secondary N) is 1. The molecule has 0 bridgehead atoms. The second kappa shape index (κ2) is 6.19. The molecule has 0 atom stereocenters. The van der Waals surface area contributed by atoms with Gasteiger partial charge in [-0.05, 0) is 18.6 Å². The van der Waals surface area contributed by atoms with Crippen molar-refractivity contribution in [3.05, 3.63) is 22.7 Å². The molecular weight excluding hydrogens is 263 g/mol. The van der Waals surface area contributed by atoms with Crippen LogP contribution in [0.2, 0.25) is 0 Å². The number of methoxy groups -OCH3 is 1. The maximum atomic E-state index is 13.6. The fourth-order valence-electron chi connectivity index (χ4n) is 2.23. The van der Waals surface area contributed by atoms with Crippen molar-refractivity contribution in [2.45, 2.75) is 39.2 Å². The molecular formula is C14H19FN2OS. The SMILES string of the molecule is CCCCCCn1c(=S)[nH]c2cc(F)c(OC)cc21. The highest BCUT2D eigenvalue weighted by molar-refractivity contribution is 7.71. The number of aryl methyl sites for hydroxylation is 1. The smallest absolute Gasteiger partial charge is 0.178 e. The van der Waals surface area contributed by atoms with Gasteiger partial charge in [0.15, 0.2) is 16.3 Å². The van der Waals surface area contributed by atoms with Gasteiger partial charge in [-0.3, -0.25) is 0 Å². The van der Waals surface area contributed by atoms with Crippen molar-refractivity contribution < 1.29 is 9.13 Å². The molecule has 0 saturated heterocycles. The summed E-state index contributed by atoms with van der Waals surface area (Å²) in [5.41, 5.74) is 1.62. The van der Waals surface area contributed by atoms with E-state index in [0.717, 1.165) is 24.0 Å². The first-order chi connectivity index (χ1) is 9.17. The van der Waals surface area contributed by atoms with E-state index in [1.54, 1.807) is 6.07 Å². The average Bonchev–Trinajstić information content (AvgIpc) is 2.69. The number of hydrogen-bond donors (Lipinski definition) is 1. The van der Waals surface area contributed by atoms with Crippen LogP contribution < -0.4 is 4.74 Å². The lowest BCUT2D eigenvalue weighted by atomic mass is 10.2. The predicted octanol–water partition coefficient (Wildman–Crippen LogP) is 4.43. The summed E-state index contributed by atoms with van der Waals surface area (Å²) in [6, 6.07) is 3.14. The van der Waals surface area contributed by atoms with Crippen LogP contribution in [-0.4, -0.2) is 16.7 Å². The maximum Gasteiger partial charge on any atom is 0.178 e. The summed E-state index contributed by atoms with van der Waals surface area (Å²) < 4.78 is 21.3. The zero-order valence-corrected chi connectivity index (χ0v) is 12.1. The van der Waals surface area contributed by atoms with Crippen molar-refractivity contribution in [3.8, 4) is 5.75 Å². The lowest BCUT2D eigenvalue weighted by Gasteiger charge is -2.06. The Kier molecular flexibility index (Phi) is 4.58. The van der Waals surface area contributed by atoms with Crippen LogP contribution in [0.3, 0.4) is 0 Å². The molecule has 19 heavy (non-hydrogen) atoms. The zero-order valence-electron chi connectivity index (χ0n) is 11.3. The van der Waals surface area contributed by atoms with Crippen LogP contribution >= 0.6 is 12.2 Å². The van der Waals surface area contributed by atoms with E-state index in [1.807, 2.05) is 4.57 Å². The van der Waals surface area contributed by atoms with Gasteiger partial charge in [-0.15, -0.1) is 0 Å². The van der Waals surface area contributed by atoms with E-state index < -0.39 is 0 Å². The minimum absolute atomic E-state index is 0.254. The second-order valence-corrected chi connectivity index (χ2v) is 5.03. The molecule has 0 fully saturated rings. The first-order valence-corrected chi connectivity index (χ1v) is 7.04. The highest BCUT2D eigenvalue weighted by Crippen LogP contribution is 2.24. The van der Waals surface area contributed by atoms with Gasteiger partial charge in [-0.2, -0.15) is 0 Å². The Bertz CT molecular complexity index is 618. The number of ether oxygens (including phenoxy) is 1. The molecule has 1 aromatic heterocycles. The predicted molar refractivity (Wildman–Crippen MR) is 77.8 cm³/mol. The number of aromatic amines is 1. The lowest BCUT2D eigenvalue weighted by molar-refractivity contribution is 0.387. The maximum absolute atomic E-state index is 13.6. The van der Waals surface area contributed by atoms with Crippen LogP contribution in [0, 0.1) is 10.6 Å². The molecule has 0 radical (unpaired) electrons. The molecule has 0 saturated carbocycles. The van der Waals surface area contributed by atoms with Gasteiger partial charge in [-0.25, -0.2) is 4.39 Å². The Morgan fingerprint density at radius 2 is 2.11 bits per heavy atom. The third-order valence-electron chi connectivity index (χ3n) is 3.28. The summed E-state index contributed by atoms with van der Waals surface area (Å²) >= 11 is 5.30. The Labute approximate surface area is 117 Å². The Balaban J connectivity index is 2.32. The Hall–Kier alpha value is -1.36. The Morgan fingerprint density at radius 1 is 1.32 bits per heavy atom. The molecule has 0 aliphatic carbocycles. The molecule has 0 aliphatic rings. The Morgan fingerprint density at radius 3 is 2.79 bits per heavy atom. The van der Waals surface area contributed by atoms with Crippen molar-refractivity contribution in [2.24, 2.45) is 0 Å². The number of hydrogen-bond acceptors (Lipinski definition) is 2. The van der Waals surface area contributed by atoms with Crippen LogP contribution in [0.1, 0.15) is 32.6 Å². The number of halogens is 1. The van der Waals surface area contributed by atoms with Crippen LogP contribution in [0.5, 0.6) is 5.75 Å². The summed E-state index contributed by atoms with van der Waals surface area (Å²) in [5.74, 6) is -0.117. The van der Waals surface area contributed by atoms with Crippen molar-refractivity contribution in [1.82, 2.24) is 9.55 Å². The van der Waals surface area contributed by atoms with E-state index in [0.29, 0.717) is 4.77 Å². The van der Waals surface area contributed by atoms with Crippen LogP contribution in [0.25, 0.3) is 11.0 Å². The number of unbranched alkanes of at least 4 members (excludes halogenated alkanes) is 3. The van der Waals surface area contributed by atoms with Gasteiger partial charge >= 0.3 is 0 Å². The van der Waals surface area contributed by atoms with Gasteiger partial charge in [0.2, 0.25) is 0 Å². The van der Waals surface area contributed by atoms with E-state index >= 15 is 0 Å². The van der Waals surface area contributed by atoms with Crippen LogP contribution in [0.15, 0.2) is 12.1 Å². The van der Waals surface area contributed by atoms with Gasteiger partial charge < -0.3 is 14.3 Å². The van der Waals surface area contributed by atoms with Crippen molar-refractivity contribution in [2.75, 3.05) is 7.11 Å². The van der Waals surface area contributed by atoms with Crippen LogP contribution in [0.4, 0.5) is 4.39 Å². The summed E-state index contributed by atoms with van der Waals surface area (Å²) in [7, 11) is 1.47. The van der Waals surface area contributed by atoms with Gasteiger partial charge in [0.25, 0.3) is 0 Å². The summed E-state index contributed by atoms with van der Waals surface area (Å²) in [6.07, 6.45) is 4.70. The minimum atomic E-state index is -0.371. The number of fused-ring (bicyclic) bond motifs is 1. The third-order valence-corrected chi connectivity index (χ3v) is 3.61. The molecule has 5 heteroatoms. The third kappa shape index (κ3) is 2.97. The minimum Gasteiger partial charge on any atom is -0.494 e. The molecule has 3 nitrogen and oxygen atoms in total. The van der Waals surface area contributed by atoms with Crippen LogP contribution in [-0.2, 0) is 6.54 Å². The van der Waals surface area contributed by atoms with Gasteiger partial charge in [0.1, 0.15) is 0 Å². The molecule has 0 amide bonds. The summed E-state index contributed by atoms with van der Waals surface area (Å²) in [6.45, 7) is 3.04. The first kappa shape index (κ1) is 14.1. The molecule has 2 rings (SSSR count). The summed E-state index contributed by atoms with van der Waals surface area (Å²) in [5, 5.41) is 0. The lowest BCUT2D eigenvalue weighted by Crippen LogP contribution is -1.98. The van der Waals surface area contributed by atoms with E-state index in [-0.39, 0.29) is 11.6 Å². The molecule has 2 aromatic rings. The highest BCUT2D eigenvalue weighted by Gasteiger charge is 2.10. The molecule has 0 spiro atoms. The number of H-pyrrole nitrogens is 1. The van der Waals surface area contributed by atoms with Crippen molar-refractivity contribution in [1.29, 1.82) is 0 Å². The molecule has 0 aliphatic heterocycles. The first-order valence-electron chi connectivity index (χ1n) is 6.63. The topological polar surface area (TPSA) is 29.9 Å². The van der Waals surface area contributed by atoms with E-state index in [4.69, 9.17) is 17.0 Å². The molecule has 1 aromatic carbocycles. The van der Waals surface area contributed by atoms with Gasteiger partial charge in [0.05, 0.1) is 18.1 Å². The second-order valence-electron chi connectivity index (χ2n) is 4.65. The molecule has 0 unspecified atom stereocenters. The molecule has 1 N–H and O–H groups in total. The number of aromatic nitrogens is 2. The van der Waals surface area contributed by atoms with E-state index in [2.05, 4.69) is 11.9 Å². The number of rotatable bonds is 6. The van der Waals surface area contributed by atoms with Gasteiger partial charge in [0, 0.05) is 18.7 Å². The number of imidazole rings is 1. The fraction of sp³-hybridized carbons (Fsp3) is 0.500. The molecule has 104 valence electrons. The number of nitrogens with zero attached hydrogens (tertiary/aromatic N) is 1. The quantitative estimate of drug-likeness (QED) is 0.627. The van der Waals surface area contributed by atoms with Crippen molar-refractivity contribution >= 4 is 23.3 Å². The molecule has 1 heterocycles.